The number of aryl methyl sites for hydroxylation is 1. The number of pyridine rings is 1. The minimum atomic E-state index is -0.257. The Morgan fingerprint density at radius 3 is 2.66 bits per heavy atom. The molecule has 0 fully saturated rings. The zero-order valence-electron chi connectivity index (χ0n) is 18.8. The Bertz CT molecular complexity index is 1180. The topological polar surface area (TPSA) is 51.2 Å². The molecule has 3 rings (SSSR count). The Morgan fingerprint density at radius 1 is 1.12 bits per heavy atom. The fraction of sp³-hybridized carbons (Fsp3) is 0.185. The molecule has 0 spiro atoms. The monoisotopic (exact) mass is 430 g/mol. The summed E-state index contributed by atoms with van der Waals surface area (Å²) < 4.78 is 19.5. The molecule has 1 N–H and O–H groups in total. The maximum Gasteiger partial charge on any atom is 0.251 e. The minimum Gasteiger partial charge on any atom is -0.457 e. The smallest absolute Gasteiger partial charge is 0.251 e. The van der Waals surface area contributed by atoms with Gasteiger partial charge >= 0.3 is 0 Å². The third-order valence-electron chi connectivity index (χ3n) is 5.12. The van der Waals surface area contributed by atoms with Crippen LogP contribution in [0.3, 0.4) is 0 Å². The summed E-state index contributed by atoms with van der Waals surface area (Å²) in [5, 5.41) is 2.90. The minimum absolute atomic E-state index is 0.213. The Labute approximate surface area is 188 Å². The summed E-state index contributed by atoms with van der Waals surface area (Å²) >= 11 is 0. The first-order chi connectivity index (χ1) is 15.4. The van der Waals surface area contributed by atoms with E-state index in [1.165, 1.54) is 6.07 Å². The molecule has 1 heterocycles. The van der Waals surface area contributed by atoms with Gasteiger partial charge in [-0.05, 0) is 68.7 Å². The third-order valence-corrected chi connectivity index (χ3v) is 5.12. The molecule has 0 aliphatic carbocycles. The molecule has 2 aromatic carbocycles. The van der Waals surface area contributed by atoms with Crippen LogP contribution >= 0.6 is 0 Å². The second-order valence-electron chi connectivity index (χ2n) is 7.42. The normalized spacial score (nSPS) is 11.6. The summed E-state index contributed by atoms with van der Waals surface area (Å²) in [6.45, 7) is 7.79. The van der Waals surface area contributed by atoms with E-state index >= 15 is 0 Å². The predicted molar refractivity (Wildman–Crippen MR) is 126 cm³/mol. The van der Waals surface area contributed by atoms with E-state index in [2.05, 4.69) is 10.3 Å². The zero-order valence-corrected chi connectivity index (χ0v) is 18.8. The molecule has 0 unspecified atom stereocenters. The van der Waals surface area contributed by atoms with Crippen molar-refractivity contribution in [1.82, 2.24) is 10.3 Å². The molecule has 0 saturated carbocycles. The van der Waals surface area contributed by atoms with Gasteiger partial charge in [0.1, 0.15) is 17.3 Å². The summed E-state index contributed by atoms with van der Waals surface area (Å²) in [7, 11) is 0. The van der Waals surface area contributed by atoms with Crippen LogP contribution in [-0.2, 0) is 6.54 Å². The van der Waals surface area contributed by atoms with Crippen molar-refractivity contribution in [2.45, 2.75) is 34.2 Å². The van der Waals surface area contributed by atoms with E-state index in [0.717, 1.165) is 22.4 Å². The maximum atomic E-state index is 13.5. The molecule has 3 aromatic rings. The molecule has 0 bridgehead atoms. The molecule has 1 aromatic heterocycles. The van der Waals surface area contributed by atoms with Crippen LogP contribution in [0, 0.1) is 19.7 Å². The standard InChI is InChI=1S/C27H27FN2O2/c1-5-8-21(6-2)25-16-22(13-14-29-25)32-26-10-7-9-23(19(26)4)27(31)30-17-20-11-12-24(28)18(3)15-20/h5-16H,17H2,1-4H3,(H,30,31)/b8-5-,21-6+. The average Bonchev–Trinajstić information content (AvgIpc) is 2.79. The van der Waals surface area contributed by atoms with Gasteiger partial charge in [-0.3, -0.25) is 9.78 Å². The number of benzene rings is 2. The molecule has 32 heavy (non-hydrogen) atoms. The van der Waals surface area contributed by atoms with Gasteiger partial charge in [0.2, 0.25) is 0 Å². The lowest BCUT2D eigenvalue weighted by atomic mass is 10.1. The fourth-order valence-corrected chi connectivity index (χ4v) is 3.33. The summed E-state index contributed by atoms with van der Waals surface area (Å²) in [6, 6.07) is 13.9. The van der Waals surface area contributed by atoms with E-state index in [0.29, 0.717) is 29.2 Å². The van der Waals surface area contributed by atoms with E-state index in [9.17, 15) is 9.18 Å². The van der Waals surface area contributed by atoms with Crippen LogP contribution in [0.1, 0.15) is 46.6 Å². The highest BCUT2D eigenvalue weighted by Gasteiger charge is 2.14. The number of allylic oxidation sites excluding steroid dienone is 4. The van der Waals surface area contributed by atoms with Gasteiger partial charge in [-0.2, -0.15) is 0 Å². The third kappa shape index (κ3) is 5.49. The molecule has 0 aliphatic heterocycles. The Morgan fingerprint density at radius 2 is 1.94 bits per heavy atom. The van der Waals surface area contributed by atoms with E-state index in [4.69, 9.17) is 4.74 Å². The van der Waals surface area contributed by atoms with Gasteiger partial charge < -0.3 is 10.1 Å². The van der Waals surface area contributed by atoms with Crippen molar-refractivity contribution < 1.29 is 13.9 Å². The first-order valence-electron chi connectivity index (χ1n) is 10.5. The Balaban J connectivity index is 1.76. The van der Waals surface area contributed by atoms with Crippen molar-refractivity contribution in [2.75, 3.05) is 0 Å². The Hall–Kier alpha value is -3.73. The molecule has 1 amide bonds. The van der Waals surface area contributed by atoms with Crippen LogP contribution in [0.2, 0.25) is 0 Å². The summed E-state index contributed by atoms with van der Waals surface area (Å²) in [4.78, 5) is 17.2. The van der Waals surface area contributed by atoms with Crippen molar-refractivity contribution in [3.63, 3.8) is 0 Å². The molecule has 0 radical (unpaired) electrons. The van der Waals surface area contributed by atoms with Crippen molar-refractivity contribution in [1.29, 1.82) is 0 Å². The second-order valence-corrected chi connectivity index (χ2v) is 7.42. The first-order valence-corrected chi connectivity index (χ1v) is 10.5. The van der Waals surface area contributed by atoms with Crippen LogP contribution in [0.5, 0.6) is 11.5 Å². The Kier molecular flexibility index (Phi) is 7.55. The van der Waals surface area contributed by atoms with Crippen LogP contribution in [-0.4, -0.2) is 10.9 Å². The van der Waals surface area contributed by atoms with Gasteiger partial charge in [0.25, 0.3) is 5.91 Å². The van der Waals surface area contributed by atoms with Crippen molar-refractivity contribution in [2.24, 2.45) is 0 Å². The summed E-state index contributed by atoms with van der Waals surface area (Å²) in [5.41, 5.74) is 4.46. The van der Waals surface area contributed by atoms with Gasteiger partial charge in [-0.1, -0.05) is 36.4 Å². The highest BCUT2D eigenvalue weighted by Crippen LogP contribution is 2.28. The molecular weight excluding hydrogens is 403 g/mol. The molecule has 5 heteroatoms. The lowest BCUT2D eigenvalue weighted by molar-refractivity contribution is 0.0950. The van der Waals surface area contributed by atoms with Crippen LogP contribution in [0.25, 0.3) is 5.57 Å². The van der Waals surface area contributed by atoms with Gasteiger partial charge in [0.15, 0.2) is 0 Å². The number of hydrogen-bond acceptors (Lipinski definition) is 3. The maximum absolute atomic E-state index is 13.5. The largest absolute Gasteiger partial charge is 0.457 e. The highest BCUT2D eigenvalue weighted by molar-refractivity contribution is 5.96. The molecule has 4 nitrogen and oxygen atoms in total. The number of nitrogens with zero attached hydrogens (tertiary/aromatic N) is 1. The number of aromatic nitrogens is 1. The summed E-state index contributed by atoms with van der Waals surface area (Å²) in [6.07, 6.45) is 7.65. The van der Waals surface area contributed by atoms with E-state index in [-0.39, 0.29) is 11.7 Å². The van der Waals surface area contributed by atoms with E-state index in [1.807, 2.05) is 51.1 Å². The van der Waals surface area contributed by atoms with Gasteiger partial charge in [0.05, 0.1) is 5.69 Å². The first kappa shape index (κ1) is 22.9. The molecule has 0 aliphatic rings. The highest BCUT2D eigenvalue weighted by atomic mass is 19.1. The fourth-order valence-electron chi connectivity index (χ4n) is 3.33. The SMILES string of the molecule is C/C=C\C(=C/C)c1cc(Oc2cccc(C(=O)NCc3ccc(F)c(C)c3)c2C)ccn1. The van der Waals surface area contributed by atoms with Gasteiger partial charge in [-0.15, -0.1) is 0 Å². The van der Waals surface area contributed by atoms with Crippen molar-refractivity contribution in [3.05, 3.63) is 107 Å². The zero-order chi connectivity index (χ0) is 23.1. The number of amides is 1. The van der Waals surface area contributed by atoms with E-state index < -0.39 is 0 Å². The van der Waals surface area contributed by atoms with Crippen LogP contribution in [0.15, 0.2) is 73.0 Å². The van der Waals surface area contributed by atoms with Crippen molar-refractivity contribution >= 4 is 11.5 Å². The number of nitrogens with one attached hydrogen (secondary N) is 1. The number of halogens is 1. The number of rotatable bonds is 7. The average molecular weight is 431 g/mol. The number of carbonyl (C=O) groups excluding carboxylic acids is 1. The van der Waals surface area contributed by atoms with E-state index in [1.54, 1.807) is 43.5 Å². The van der Waals surface area contributed by atoms with Gasteiger partial charge in [-0.25, -0.2) is 4.39 Å². The molecule has 164 valence electrons. The number of ether oxygens (including phenoxy) is 1. The molecule has 0 saturated heterocycles. The lowest BCUT2D eigenvalue weighted by Gasteiger charge is -2.13. The predicted octanol–water partition coefficient (Wildman–Crippen LogP) is 6.54. The van der Waals surface area contributed by atoms with Crippen molar-refractivity contribution in [3.8, 4) is 11.5 Å². The van der Waals surface area contributed by atoms with Crippen LogP contribution < -0.4 is 10.1 Å². The molecule has 0 atom stereocenters. The second kappa shape index (κ2) is 10.5. The molecular formula is C27H27FN2O2. The summed E-state index contributed by atoms with van der Waals surface area (Å²) in [5.74, 6) is 0.767. The lowest BCUT2D eigenvalue weighted by Crippen LogP contribution is -2.23. The number of hydrogen-bond donors (Lipinski definition) is 1. The number of carbonyl (C=O) groups is 1. The van der Waals surface area contributed by atoms with Gasteiger partial charge in [0, 0.05) is 29.9 Å². The van der Waals surface area contributed by atoms with Crippen LogP contribution in [0.4, 0.5) is 4.39 Å². The quantitative estimate of drug-likeness (QED) is 0.433.